The Bertz CT molecular complexity index is 1550. The van der Waals surface area contributed by atoms with Crippen LogP contribution in [0.25, 0.3) is 0 Å². The van der Waals surface area contributed by atoms with E-state index in [1.807, 2.05) is 41.5 Å². The second kappa shape index (κ2) is 15.6. The molecule has 0 unspecified atom stereocenters. The monoisotopic (exact) mass is 620 g/mol. The molecule has 0 spiro atoms. The Labute approximate surface area is 262 Å². The predicted molar refractivity (Wildman–Crippen MR) is 171 cm³/mol. The highest BCUT2D eigenvalue weighted by Crippen LogP contribution is 2.32. The van der Waals surface area contributed by atoms with E-state index < -0.39 is 22.6 Å². The Hall–Kier alpha value is -5.13. The molecule has 0 radical (unpaired) electrons. The van der Waals surface area contributed by atoms with Crippen molar-refractivity contribution < 1.29 is 33.5 Å². The fourth-order valence-electron chi connectivity index (χ4n) is 3.86. The first-order valence-corrected chi connectivity index (χ1v) is 14.6. The summed E-state index contributed by atoms with van der Waals surface area (Å²) in [6.45, 7) is 12.6. The zero-order valence-electron chi connectivity index (χ0n) is 26.3. The summed E-state index contributed by atoms with van der Waals surface area (Å²) >= 11 is 0. The summed E-state index contributed by atoms with van der Waals surface area (Å²) < 4.78 is 17.4. The summed E-state index contributed by atoms with van der Waals surface area (Å²) in [7, 11) is 0. The van der Waals surface area contributed by atoms with Gasteiger partial charge in [0.1, 0.15) is 11.5 Å². The van der Waals surface area contributed by atoms with E-state index >= 15 is 0 Å². The van der Waals surface area contributed by atoms with E-state index in [2.05, 4.69) is 10.6 Å². The SMILES string of the molecule is CC(C)COc1cc(C(N)=O)ccc1NC(=O)c1ccc(NC(=O)c2ccc([N+](=O)[O-])c(OCC(C)C)c2)c(OCC(C)C)c1. The van der Waals surface area contributed by atoms with Crippen LogP contribution in [0.2, 0.25) is 0 Å². The van der Waals surface area contributed by atoms with E-state index in [0.29, 0.717) is 30.3 Å². The molecule has 0 atom stereocenters. The highest BCUT2D eigenvalue weighted by atomic mass is 16.6. The molecule has 0 aliphatic carbocycles. The molecule has 3 amide bonds. The van der Waals surface area contributed by atoms with E-state index in [1.165, 1.54) is 48.5 Å². The van der Waals surface area contributed by atoms with Crippen molar-refractivity contribution in [1.29, 1.82) is 0 Å². The molecule has 0 saturated carbocycles. The first-order chi connectivity index (χ1) is 21.2. The normalized spacial score (nSPS) is 11.0. The maximum atomic E-state index is 13.3. The lowest BCUT2D eigenvalue weighted by molar-refractivity contribution is -0.385. The number of benzene rings is 3. The van der Waals surface area contributed by atoms with Crippen LogP contribution in [0.5, 0.6) is 17.2 Å². The van der Waals surface area contributed by atoms with Gasteiger partial charge in [-0.15, -0.1) is 0 Å². The number of hydrogen-bond acceptors (Lipinski definition) is 8. The van der Waals surface area contributed by atoms with Crippen LogP contribution in [-0.2, 0) is 0 Å². The summed E-state index contributed by atoms with van der Waals surface area (Å²) in [4.78, 5) is 49.2. The van der Waals surface area contributed by atoms with Crippen LogP contribution in [0.1, 0.15) is 72.6 Å². The van der Waals surface area contributed by atoms with Gasteiger partial charge >= 0.3 is 5.69 Å². The zero-order valence-corrected chi connectivity index (χ0v) is 26.3. The van der Waals surface area contributed by atoms with Crippen molar-refractivity contribution in [2.45, 2.75) is 41.5 Å². The molecule has 0 aliphatic rings. The summed E-state index contributed by atoms with van der Waals surface area (Å²) in [6.07, 6.45) is 0. The van der Waals surface area contributed by atoms with E-state index in [9.17, 15) is 24.5 Å². The summed E-state index contributed by atoms with van der Waals surface area (Å²) in [5, 5.41) is 17.1. The summed E-state index contributed by atoms with van der Waals surface area (Å²) in [5.41, 5.74) is 6.44. The number of amides is 3. The number of nitrogens with one attached hydrogen (secondary N) is 2. The molecule has 0 aromatic heterocycles. The molecule has 0 aliphatic heterocycles. The van der Waals surface area contributed by atoms with Crippen LogP contribution in [0.4, 0.5) is 17.1 Å². The summed E-state index contributed by atoms with van der Waals surface area (Å²) in [5.74, 6) is -0.655. The Morgan fingerprint density at radius 2 is 1.04 bits per heavy atom. The average molecular weight is 621 g/mol. The largest absolute Gasteiger partial charge is 0.491 e. The van der Waals surface area contributed by atoms with Gasteiger partial charge in [0.05, 0.1) is 36.1 Å². The number of nitro benzene ring substituents is 1. The van der Waals surface area contributed by atoms with Crippen molar-refractivity contribution in [3.8, 4) is 17.2 Å². The molecule has 0 heterocycles. The van der Waals surface area contributed by atoms with E-state index in [4.69, 9.17) is 19.9 Å². The quantitative estimate of drug-likeness (QED) is 0.131. The fourth-order valence-corrected chi connectivity index (χ4v) is 3.86. The standard InChI is InChI=1S/C33H40N4O8/c1-19(2)16-43-28-13-22(31(34)38)7-10-25(28)35-32(39)23-8-11-26(29(14-23)44-17-20(3)4)36-33(40)24-9-12-27(37(41)42)30(15-24)45-18-21(5)6/h7-15,19-21H,16-18H2,1-6H3,(H2,34,38)(H,35,39)(H,36,40). The third kappa shape index (κ3) is 9.95. The molecule has 3 aromatic rings. The second-order valence-electron chi connectivity index (χ2n) is 11.7. The van der Waals surface area contributed by atoms with E-state index in [-0.39, 0.29) is 58.2 Å². The number of nitro groups is 1. The van der Waals surface area contributed by atoms with Crippen molar-refractivity contribution in [3.63, 3.8) is 0 Å². The van der Waals surface area contributed by atoms with Gasteiger partial charge in [-0.25, -0.2) is 0 Å². The van der Waals surface area contributed by atoms with Gasteiger partial charge < -0.3 is 30.6 Å². The Morgan fingerprint density at radius 1 is 0.667 bits per heavy atom. The Balaban J connectivity index is 1.89. The first kappa shape index (κ1) is 34.4. The van der Waals surface area contributed by atoms with Gasteiger partial charge in [0.25, 0.3) is 11.8 Å². The number of carbonyl (C=O) groups is 3. The van der Waals surface area contributed by atoms with E-state index in [0.717, 1.165) is 0 Å². The molecule has 3 rings (SSSR count). The average Bonchev–Trinajstić information content (AvgIpc) is 2.98. The van der Waals surface area contributed by atoms with Crippen LogP contribution in [-0.4, -0.2) is 42.5 Å². The Kier molecular flexibility index (Phi) is 11.9. The van der Waals surface area contributed by atoms with Crippen LogP contribution < -0.4 is 30.6 Å². The van der Waals surface area contributed by atoms with Crippen LogP contribution in [0, 0.1) is 27.9 Å². The van der Waals surface area contributed by atoms with Gasteiger partial charge in [-0.3, -0.25) is 24.5 Å². The molecule has 45 heavy (non-hydrogen) atoms. The van der Waals surface area contributed by atoms with Crippen LogP contribution in [0.3, 0.4) is 0 Å². The van der Waals surface area contributed by atoms with Gasteiger partial charge in [-0.05, 0) is 60.2 Å². The number of hydrogen-bond donors (Lipinski definition) is 3. The van der Waals surface area contributed by atoms with Crippen molar-refractivity contribution in [2.24, 2.45) is 23.5 Å². The lowest BCUT2D eigenvalue weighted by Gasteiger charge is -2.17. The minimum Gasteiger partial charge on any atom is -0.491 e. The smallest absolute Gasteiger partial charge is 0.310 e. The maximum Gasteiger partial charge on any atom is 0.310 e. The molecule has 12 heteroatoms. The van der Waals surface area contributed by atoms with Crippen molar-refractivity contribution in [2.75, 3.05) is 30.5 Å². The molecular formula is C33H40N4O8. The van der Waals surface area contributed by atoms with Crippen molar-refractivity contribution in [3.05, 3.63) is 81.4 Å². The first-order valence-electron chi connectivity index (χ1n) is 14.6. The van der Waals surface area contributed by atoms with Gasteiger partial charge in [0.2, 0.25) is 5.91 Å². The number of nitrogens with zero attached hydrogens (tertiary/aromatic N) is 1. The van der Waals surface area contributed by atoms with Crippen molar-refractivity contribution in [1.82, 2.24) is 0 Å². The minimum absolute atomic E-state index is 0.00902. The molecule has 0 fully saturated rings. The van der Waals surface area contributed by atoms with Crippen LogP contribution >= 0.6 is 0 Å². The third-order valence-corrected chi connectivity index (χ3v) is 6.14. The molecule has 4 N–H and O–H groups in total. The number of carbonyl (C=O) groups excluding carboxylic acids is 3. The molecule has 12 nitrogen and oxygen atoms in total. The second-order valence-corrected chi connectivity index (χ2v) is 11.7. The van der Waals surface area contributed by atoms with Gasteiger partial charge in [-0.2, -0.15) is 0 Å². The van der Waals surface area contributed by atoms with Crippen LogP contribution in [0.15, 0.2) is 54.6 Å². The lowest BCUT2D eigenvalue weighted by atomic mass is 10.1. The summed E-state index contributed by atoms with van der Waals surface area (Å²) in [6, 6.07) is 13.0. The van der Waals surface area contributed by atoms with E-state index in [1.54, 1.807) is 6.07 Å². The molecule has 0 saturated heterocycles. The zero-order chi connectivity index (χ0) is 33.3. The Morgan fingerprint density at radius 3 is 1.47 bits per heavy atom. The molecule has 240 valence electrons. The fraction of sp³-hybridized carbons (Fsp3) is 0.364. The highest BCUT2D eigenvalue weighted by molar-refractivity contribution is 6.08. The minimum atomic E-state index is -0.625. The number of rotatable bonds is 15. The van der Waals surface area contributed by atoms with Gasteiger partial charge in [0.15, 0.2) is 5.75 Å². The highest BCUT2D eigenvalue weighted by Gasteiger charge is 2.21. The third-order valence-electron chi connectivity index (χ3n) is 6.14. The number of primary amides is 1. The number of anilines is 2. The maximum absolute atomic E-state index is 13.3. The van der Waals surface area contributed by atoms with Gasteiger partial charge in [0, 0.05) is 28.8 Å². The van der Waals surface area contributed by atoms with Crippen molar-refractivity contribution >= 4 is 34.8 Å². The molecular weight excluding hydrogens is 580 g/mol. The number of nitrogens with two attached hydrogens (primary N) is 1. The topological polar surface area (TPSA) is 172 Å². The predicted octanol–water partition coefficient (Wildman–Crippen LogP) is 6.30. The molecule has 3 aromatic carbocycles. The molecule has 0 bridgehead atoms. The lowest BCUT2D eigenvalue weighted by Crippen LogP contribution is -2.17. The number of ether oxygens (including phenoxy) is 3. The van der Waals surface area contributed by atoms with Gasteiger partial charge in [-0.1, -0.05) is 41.5 Å².